The van der Waals surface area contributed by atoms with E-state index in [1.165, 1.54) is 48.3 Å². The van der Waals surface area contributed by atoms with Crippen LogP contribution in [0, 0.1) is 0 Å². The number of benzene rings is 4. The molecule has 0 unspecified atom stereocenters. The number of halogens is 1. The summed E-state index contributed by atoms with van der Waals surface area (Å²) < 4.78 is 1.30. The Kier molecular flexibility index (Phi) is 2.16. The molecule has 0 aromatic heterocycles. The van der Waals surface area contributed by atoms with Crippen LogP contribution in [-0.2, 0) is 12.8 Å². The molecule has 0 atom stereocenters. The summed E-state index contributed by atoms with van der Waals surface area (Å²) in [5.41, 5.74) is 9.12. The van der Waals surface area contributed by atoms with Crippen LogP contribution in [0.4, 0.5) is 0 Å². The van der Waals surface area contributed by atoms with Gasteiger partial charge in [0.1, 0.15) is 0 Å². The molecule has 4 aromatic carbocycles. The van der Waals surface area contributed by atoms with Gasteiger partial charge in [-0.05, 0) is 83.7 Å². The molecule has 0 spiro atoms. The van der Waals surface area contributed by atoms with E-state index in [-0.39, 0.29) is 0 Å². The SMILES string of the molecule is Brc1c2c(c(-c3c4c(cc5ccccc35)C4)c3ccccc13)C2. The van der Waals surface area contributed by atoms with E-state index in [9.17, 15) is 0 Å². The highest BCUT2D eigenvalue weighted by atomic mass is 79.9. The summed E-state index contributed by atoms with van der Waals surface area (Å²) in [6.07, 6.45) is 2.28. The molecule has 108 valence electrons. The molecule has 0 heterocycles. The second-order valence-electron chi connectivity index (χ2n) is 6.66. The topological polar surface area (TPSA) is 0 Å². The maximum atomic E-state index is 3.82. The van der Waals surface area contributed by atoms with E-state index < -0.39 is 0 Å². The summed E-state index contributed by atoms with van der Waals surface area (Å²) in [6, 6.07) is 20.0. The van der Waals surface area contributed by atoms with Crippen LogP contribution in [0.25, 0.3) is 32.7 Å². The van der Waals surface area contributed by atoms with Gasteiger partial charge >= 0.3 is 0 Å². The van der Waals surface area contributed by atoms with E-state index in [0.717, 1.165) is 12.8 Å². The van der Waals surface area contributed by atoms with Gasteiger partial charge in [0.2, 0.25) is 0 Å². The average molecular weight is 357 g/mol. The Hall–Kier alpha value is -2.12. The summed E-state index contributed by atoms with van der Waals surface area (Å²) in [7, 11) is 0. The van der Waals surface area contributed by atoms with E-state index in [1.54, 1.807) is 11.1 Å². The maximum Gasteiger partial charge on any atom is 0.0292 e. The van der Waals surface area contributed by atoms with Gasteiger partial charge in [0.25, 0.3) is 0 Å². The monoisotopic (exact) mass is 356 g/mol. The van der Waals surface area contributed by atoms with Gasteiger partial charge in [-0.3, -0.25) is 0 Å². The van der Waals surface area contributed by atoms with Crippen molar-refractivity contribution in [1.29, 1.82) is 0 Å². The van der Waals surface area contributed by atoms with Crippen molar-refractivity contribution in [1.82, 2.24) is 0 Å². The largest absolute Gasteiger partial charge is 0.0616 e. The molecule has 6 rings (SSSR count). The molecule has 0 bridgehead atoms. The van der Waals surface area contributed by atoms with E-state index in [4.69, 9.17) is 0 Å². The summed E-state index contributed by atoms with van der Waals surface area (Å²) in [5.74, 6) is 0. The van der Waals surface area contributed by atoms with Gasteiger partial charge < -0.3 is 0 Å². The summed E-state index contributed by atoms with van der Waals surface area (Å²) in [4.78, 5) is 0. The van der Waals surface area contributed by atoms with Crippen LogP contribution in [0.2, 0.25) is 0 Å². The molecular weight excluding hydrogens is 344 g/mol. The Bertz CT molecular complexity index is 1170. The lowest BCUT2D eigenvalue weighted by Crippen LogP contribution is -1.85. The van der Waals surface area contributed by atoms with Crippen LogP contribution >= 0.6 is 15.9 Å². The van der Waals surface area contributed by atoms with Crippen molar-refractivity contribution in [3.05, 3.63) is 81.3 Å². The summed E-state index contributed by atoms with van der Waals surface area (Å²) in [6.45, 7) is 0. The van der Waals surface area contributed by atoms with Crippen molar-refractivity contribution in [2.24, 2.45) is 0 Å². The first-order valence-electron chi connectivity index (χ1n) is 8.09. The van der Waals surface area contributed by atoms with Gasteiger partial charge in [-0.2, -0.15) is 0 Å². The molecule has 0 nitrogen and oxygen atoms in total. The Balaban J connectivity index is 1.84. The molecule has 23 heavy (non-hydrogen) atoms. The molecule has 0 amide bonds. The third kappa shape index (κ3) is 1.56. The molecule has 0 saturated carbocycles. The molecule has 2 aliphatic carbocycles. The second kappa shape index (κ2) is 4.04. The van der Waals surface area contributed by atoms with Gasteiger partial charge in [-0.25, -0.2) is 0 Å². The van der Waals surface area contributed by atoms with Gasteiger partial charge in [-0.1, -0.05) is 54.6 Å². The first-order chi connectivity index (χ1) is 11.3. The van der Waals surface area contributed by atoms with Crippen molar-refractivity contribution >= 4 is 37.5 Å². The van der Waals surface area contributed by atoms with Gasteiger partial charge in [0.15, 0.2) is 0 Å². The third-order valence-corrected chi connectivity index (χ3v) is 6.24. The minimum absolute atomic E-state index is 1.13. The molecule has 0 aliphatic heterocycles. The van der Waals surface area contributed by atoms with Gasteiger partial charge in [0, 0.05) is 4.47 Å². The van der Waals surface area contributed by atoms with Crippen LogP contribution < -0.4 is 0 Å². The van der Waals surface area contributed by atoms with Crippen molar-refractivity contribution in [2.45, 2.75) is 12.8 Å². The summed E-state index contributed by atoms with van der Waals surface area (Å²) >= 11 is 3.82. The molecule has 4 aromatic rings. The third-order valence-electron chi connectivity index (χ3n) is 5.33. The maximum absolute atomic E-state index is 3.82. The lowest BCUT2D eigenvalue weighted by Gasteiger charge is -2.11. The molecule has 2 aliphatic rings. The fourth-order valence-electron chi connectivity index (χ4n) is 4.10. The van der Waals surface area contributed by atoms with Crippen molar-refractivity contribution in [3.63, 3.8) is 0 Å². The zero-order chi connectivity index (χ0) is 15.1. The highest BCUT2D eigenvalue weighted by molar-refractivity contribution is 9.10. The Morgan fingerprint density at radius 2 is 1.35 bits per heavy atom. The van der Waals surface area contributed by atoms with E-state index in [2.05, 4.69) is 70.5 Å². The minimum Gasteiger partial charge on any atom is -0.0616 e. The summed E-state index contributed by atoms with van der Waals surface area (Å²) in [5, 5.41) is 5.52. The molecule has 0 saturated heterocycles. The highest BCUT2D eigenvalue weighted by Crippen LogP contribution is 2.53. The standard InChI is InChI=1S/C22H13Br/c23-22-16-8-4-3-7-15(16)21(18-11-19(18)22)20-14-6-2-1-5-12(14)9-13-10-17(13)20/h1-9H,10-11H2. The quantitative estimate of drug-likeness (QED) is 0.327. The predicted molar refractivity (Wildman–Crippen MR) is 100 cm³/mol. The molecule has 1 heteroatoms. The zero-order valence-electron chi connectivity index (χ0n) is 12.5. The molecule has 0 radical (unpaired) electrons. The fourth-order valence-corrected chi connectivity index (χ4v) is 4.83. The van der Waals surface area contributed by atoms with Crippen LogP contribution in [0.1, 0.15) is 22.3 Å². The normalized spacial score (nSPS) is 14.0. The minimum atomic E-state index is 1.13. The van der Waals surface area contributed by atoms with Gasteiger partial charge in [-0.15, -0.1) is 0 Å². The number of rotatable bonds is 1. The van der Waals surface area contributed by atoms with Crippen LogP contribution in [0.3, 0.4) is 0 Å². The predicted octanol–water partition coefficient (Wildman–Crippen LogP) is 6.23. The second-order valence-corrected chi connectivity index (χ2v) is 7.45. The molecule has 0 fully saturated rings. The highest BCUT2D eigenvalue weighted by Gasteiger charge is 2.33. The van der Waals surface area contributed by atoms with Crippen molar-refractivity contribution < 1.29 is 0 Å². The molecule has 0 N–H and O–H groups in total. The van der Waals surface area contributed by atoms with Gasteiger partial charge in [0.05, 0.1) is 0 Å². The number of hydrogen-bond acceptors (Lipinski definition) is 0. The first kappa shape index (κ1) is 12.3. The average Bonchev–Trinajstić information content (AvgIpc) is 3.48. The van der Waals surface area contributed by atoms with Crippen molar-refractivity contribution in [3.8, 4) is 11.1 Å². The Morgan fingerprint density at radius 3 is 2.22 bits per heavy atom. The van der Waals surface area contributed by atoms with E-state index in [0.29, 0.717) is 0 Å². The Morgan fingerprint density at radius 1 is 0.652 bits per heavy atom. The van der Waals surface area contributed by atoms with Crippen LogP contribution in [0.5, 0.6) is 0 Å². The molecular formula is C22H13Br. The van der Waals surface area contributed by atoms with Crippen LogP contribution in [0.15, 0.2) is 59.1 Å². The number of hydrogen-bond donors (Lipinski definition) is 0. The lowest BCUT2D eigenvalue weighted by atomic mass is 9.93. The lowest BCUT2D eigenvalue weighted by molar-refractivity contribution is 1.58. The van der Waals surface area contributed by atoms with E-state index in [1.807, 2.05) is 0 Å². The van der Waals surface area contributed by atoms with Crippen molar-refractivity contribution in [2.75, 3.05) is 0 Å². The fraction of sp³-hybridized carbons (Fsp3) is 0.0909. The Labute approximate surface area is 142 Å². The first-order valence-corrected chi connectivity index (χ1v) is 8.88. The number of fused-ring (bicyclic) bond motifs is 4. The smallest absolute Gasteiger partial charge is 0.0292 e. The van der Waals surface area contributed by atoms with Crippen LogP contribution in [-0.4, -0.2) is 0 Å². The van der Waals surface area contributed by atoms with E-state index >= 15 is 0 Å². The zero-order valence-corrected chi connectivity index (χ0v) is 14.1.